The molecule has 0 aliphatic carbocycles. The summed E-state index contributed by atoms with van der Waals surface area (Å²) >= 11 is 0. The van der Waals surface area contributed by atoms with Gasteiger partial charge in [0.05, 0.1) is 6.61 Å². The average Bonchev–Trinajstić information content (AvgIpc) is 2.45. The van der Waals surface area contributed by atoms with E-state index in [9.17, 15) is 4.39 Å². The minimum atomic E-state index is -0.275. The van der Waals surface area contributed by atoms with Gasteiger partial charge in [-0.15, -0.1) is 0 Å². The first-order valence-electron chi connectivity index (χ1n) is 7.00. The second kappa shape index (κ2) is 7.46. The van der Waals surface area contributed by atoms with E-state index in [4.69, 9.17) is 9.47 Å². The van der Waals surface area contributed by atoms with E-state index in [0.29, 0.717) is 24.8 Å². The third kappa shape index (κ3) is 4.18. The van der Waals surface area contributed by atoms with Gasteiger partial charge in [0.1, 0.15) is 0 Å². The molecule has 1 aliphatic rings. The minimum Gasteiger partial charge on any atom is -0.490 e. The van der Waals surface area contributed by atoms with Gasteiger partial charge >= 0.3 is 0 Å². The molecule has 3 nitrogen and oxygen atoms in total. The van der Waals surface area contributed by atoms with Crippen molar-refractivity contribution in [3.63, 3.8) is 0 Å². The fourth-order valence-corrected chi connectivity index (χ4v) is 2.23. The Labute approximate surface area is 114 Å². The Morgan fingerprint density at radius 1 is 1.37 bits per heavy atom. The molecule has 106 valence electrons. The van der Waals surface area contributed by atoms with Gasteiger partial charge in [0.2, 0.25) is 0 Å². The second-order valence-electron chi connectivity index (χ2n) is 4.88. The molecule has 4 heteroatoms. The first kappa shape index (κ1) is 14.3. The van der Waals surface area contributed by atoms with Crippen LogP contribution in [0.3, 0.4) is 0 Å². The first-order chi connectivity index (χ1) is 9.31. The van der Waals surface area contributed by atoms with Crippen LogP contribution in [0.2, 0.25) is 0 Å². The number of ether oxygens (including phenoxy) is 2. The van der Waals surface area contributed by atoms with E-state index in [2.05, 4.69) is 5.32 Å². The molecular formula is C15H22FNO2. The Morgan fingerprint density at radius 3 is 2.89 bits per heavy atom. The molecule has 0 bridgehead atoms. The third-order valence-corrected chi connectivity index (χ3v) is 3.42. The Morgan fingerprint density at radius 2 is 2.16 bits per heavy atom. The number of nitrogens with one attached hydrogen (secondary N) is 1. The summed E-state index contributed by atoms with van der Waals surface area (Å²) in [6, 6.07) is 5.09. The summed E-state index contributed by atoms with van der Waals surface area (Å²) in [5, 5.41) is 3.20. The largest absolute Gasteiger partial charge is 0.490 e. The van der Waals surface area contributed by atoms with Crippen LogP contribution in [0.1, 0.15) is 25.3 Å². The maximum absolute atomic E-state index is 13.9. The zero-order chi connectivity index (χ0) is 13.5. The summed E-state index contributed by atoms with van der Waals surface area (Å²) in [4.78, 5) is 0. The van der Waals surface area contributed by atoms with E-state index in [-0.39, 0.29) is 5.82 Å². The topological polar surface area (TPSA) is 30.5 Å². The van der Waals surface area contributed by atoms with Crippen LogP contribution in [0.25, 0.3) is 0 Å². The maximum atomic E-state index is 13.9. The van der Waals surface area contributed by atoms with Crippen LogP contribution < -0.4 is 10.1 Å². The number of rotatable bonds is 6. The Kier molecular flexibility index (Phi) is 5.61. The van der Waals surface area contributed by atoms with Crippen LogP contribution >= 0.6 is 0 Å². The number of benzene rings is 1. The highest BCUT2D eigenvalue weighted by Crippen LogP contribution is 2.24. The predicted molar refractivity (Wildman–Crippen MR) is 72.8 cm³/mol. The van der Waals surface area contributed by atoms with Crippen LogP contribution in [0.5, 0.6) is 5.75 Å². The van der Waals surface area contributed by atoms with Gasteiger partial charge in [-0.1, -0.05) is 19.1 Å². The monoisotopic (exact) mass is 267 g/mol. The van der Waals surface area contributed by atoms with Crippen LogP contribution in [-0.2, 0) is 11.3 Å². The second-order valence-corrected chi connectivity index (χ2v) is 4.88. The molecule has 0 spiro atoms. The molecule has 1 aliphatic heterocycles. The van der Waals surface area contributed by atoms with E-state index in [1.807, 2.05) is 13.0 Å². The van der Waals surface area contributed by atoms with Crippen LogP contribution in [0.15, 0.2) is 18.2 Å². The van der Waals surface area contributed by atoms with Gasteiger partial charge < -0.3 is 14.8 Å². The molecule has 0 aromatic heterocycles. The van der Waals surface area contributed by atoms with Crippen molar-refractivity contribution in [3.05, 3.63) is 29.6 Å². The average molecular weight is 267 g/mol. The standard InChI is InChI=1S/C15H22FNO2/c1-2-17-10-13-4-3-5-14(16)15(13)19-11-12-6-8-18-9-7-12/h3-5,12,17H,2,6-11H2,1H3. The zero-order valence-corrected chi connectivity index (χ0v) is 11.5. The molecule has 2 rings (SSSR count). The quantitative estimate of drug-likeness (QED) is 0.859. The van der Waals surface area contributed by atoms with Crippen molar-refractivity contribution in [2.24, 2.45) is 5.92 Å². The summed E-state index contributed by atoms with van der Waals surface area (Å²) in [6.07, 6.45) is 1.99. The zero-order valence-electron chi connectivity index (χ0n) is 11.5. The molecule has 1 N–H and O–H groups in total. The van der Waals surface area contributed by atoms with Crippen LogP contribution in [-0.4, -0.2) is 26.4 Å². The lowest BCUT2D eigenvalue weighted by Crippen LogP contribution is -2.22. The van der Waals surface area contributed by atoms with Crippen molar-refractivity contribution in [1.82, 2.24) is 5.32 Å². The molecule has 0 radical (unpaired) electrons. The Balaban J connectivity index is 1.96. The highest BCUT2D eigenvalue weighted by molar-refractivity contribution is 5.34. The number of hydrogen-bond donors (Lipinski definition) is 1. The molecule has 1 heterocycles. The molecule has 1 fully saturated rings. The highest BCUT2D eigenvalue weighted by Gasteiger charge is 2.16. The highest BCUT2D eigenvalue weighted by atomic mass is 19.1. The molecule has 0 atom stereocenters. The van der Waals surface area contributed by atoms with E-state index in [0.717, 1.165) is 38.2 Å². The molecule has 19 heavy (non-hydrogen) atoms. The summed E-state index contributed by atoms with van der Waals surface area (Å²) in [6.45, 7) is 5.67. The lowest BCUT2D eigenvalue weighted by Gasteiger charge is -2.23. The van der Waals surface area contributed by atoms with Gasteiger partial charge in [0.15, 0.2) is 11.6 Å². The predicted octanol–water partition coefficient (Wildman–Crippen LogP) is 2.74. The Bertz CT molecular complexity index is 392. The molecule has 1 aromatic rings. The van der Waals surface area contributed by atoms with Gasteiger partial charge in [0, 0.05) is 25.3 Å². The smallest absolute Gasteiger partial charge is 0.165 e. The summed E-state index contributed by atoms with van der Waals surface area (Å²) in [5.74, 6) is 0.595. The van der Waals surface area contributed by atoms with Crippen molar-refractivity contribution in [1.29, 1.82) is 0 Å². The Hall–Kier alpha value is -1.13. The fourth-order valence-electron chi connectivity index (χ4n) is 2.23. The van der Waals surface area contributed by atoms with Gasteiger partial charge in [-0.05, 0) is 31.4 Å². The first-order valence-corrected chi connectivity index (χ1v) is 7.00. The molecule has 0 amide bonds. The van der Waals surface area contributed by atoms with E-state index in [1.165, 1.54) is 6.07 Å². The lowest BCUT2D eigenvalue weighted by molar-refractivity contribution is 0.0490. The van der Waals surface area contributed by atoms with Crippen molar-refractivity contribution in [3.8, 4) is 5.75 Å². The summed E-state index contributed by atoms with van der Waals surface area (Å²) < 4.78 is 24.9. The van der Waals surface area contributed by atoms with Crippen LogP contribution in [0.4, 0.5) is 4.39 Å². The maximum Gasteiger partial charge on any atom is 0.165 e. The normalized spacial score (nSPS) is 16.5. The van der Waals surface area contributed by atoms with Gasteiger partial charge in [0.25, 0.3) is 0 Å². The SMILES string of the molecule is CCNCc1cccc(F)c1OCC1CCOCC1. The van der Waals surface area contributed by atoms with Crippen LogP contribution in [0, 0.1) is 11.7 Å². The van der Waals surface area contributed by atoms with Crippen molar-refractivity contribution in [2.75, 3.05) is 26.4 Å². The number of hydrogen-bond acceptors (Lipinski definition) is 3. The van der Waals surface area contributed by atoms with Crippen molar-refractivity contribution >= 4 is 0 Å². The molecular weight excluding hydrogens is 245 g/mol. The molecule has 1 saturated heterocycles. The molecule has 0 unspecified atom stereocenters. The van der Waals surface area contributed by atoms with E-state index >= 15 is 0 Å². The summed E-state index contributed by atoms with van der Waals surface area (Å²) in [7, 11) is 0. The fraction of sp³-hybridized carbons (Fsp3) is 0.600. The summed E-state index contributed by atoms with van der Waals surface area (Å²) in [5.41, 5.74) is 0.883. The van der Waals surface area contributed by atoms with E-state index < -0.39 is 0 Å². The molecule has 0 saturated carbocycles. The van der Waals surface area contributed by atoms with Gasteiger partial charge in [-0.25, -0.2) is 4.39 Å². The number of para-hydroxylation sites is 1. The van der Waals surface area contributed by atoms with E-state index in [1.54, 1.807) is 6.07 Å². The number of halogens is 1. The third-order valence-electron chi connectivity index (χ3n) is 3.42. The van der Waals surface area contributed by atoms with Crippen molar-refractivity contribution in [2.45, 2.75) is 26.3 Å². The molecule has 1 aromatic carbocycles. The van der Waals surface area contributed by atoms with Gasteiger partial charge in [-0.3, -0.25) is 0 Å². The van der Waals surface area contributed by atoms with Gasteiger partial charge in [-0.2, -0.15) is 0 Å². The van der Waals surface area contributed by atoms with Crippen molar-refractivity contribution < 1.29 is 13.9 Å². The lowest BCUT2D eigenvalue weighted by atomic mass is 10.0. The minimum absolute atomic E-state index is 0.275.